The van der Waals surface area contributed by atoms with Crippen LogP contribution in [-0.2, 0) is 19.2 Å². The summed E-state index contributed by atoms with van der Waals surface area (Å²) in [4.78, 5) is 52.1. The summed E-state index contributed by atoms with van der Waals surface area (Å²) < 4.78 is 0. The molecular weight excluding hydrogens is 444 g/mol. The molecule has 0 aliphatic carbocycles. The van der Waals surface area contributed by atoms with E-state index >= 15 is 0 Å². The third-order valence-corrected chi connectivity index (χ3v) is 6.76. The number of rotatable bonds is 17. The van der Waals surface area contributed by atoms with Gasteiger partial charge in [-0.05, 0) is 32.1 Å². The van der Waals surface area contributed by atoms with Crippen LogP contribution in [-0.4, -0.2) is 72.7 Å². The maximum Gasteiger partial charge on any atom is 0.249 e. The normalized spacial score (nSPS) is 16.8. The third kappa shape index (κ3) is 10.8. The first kappa shape index (κ1) is 30.7. The van der Waals surface area contributed by atoms with Gasteiger partial charge in [-0.15, -0.1) is 0 Å². The SMILES string of the molecule is CCCCCCCCCCNC(=O)[C@@H]1CCCN1C(=O)/C(C)=C/[C@H](C(C)C)N(C)C(=O)CNC=O. The van der Waals surface area contributed by atoms with Crippen molar-refractivity contribution in [2.75, 3.05) is 26.7 Å². The van der Waals surface area contributed by atoms with E-state index < -0.39 is 6.04 Å². The molecule has 8 heteroatoms. The quantitative estimate of drug-likeness (QED) is 0.185. The first-order valence-electron chi connectivity index (χ1n) is 13.4. The van der Waals surface area contributed by atoms with Gasteiger partial charge in [-0.25, -0.2) is 0 Å². The van der Waals surface area contributed by atoms with Crippen LogP contribution in [0.4, 0.5) is 0 Å². The summed E-state index contributed by atoms with van der Waals surface area (Å²) in [6, 6.07) is -0.731. The first-order valence-corrected chi connectivity index (χ1v) is 13.4. The van der Waals surface area contributed by atoms with E-state index in [-0.39, 0.29) is 36.2 Å². The van der Waals surface area contributed by atoms with Crippen molar-refractivity contribution in [2.45, 2.75) is 104 Å². The second kappa shape index (κ2) is 17.1. The predicted molar refractivity (Wildman–Crippen MR) is 140 cm³/mol. The van der Waals surface area contributed by atoms with Gasteiger partial charge in [0.15, 0.2) is 0 Å². The van der Waals surface area contributed by atoms with E-state index in [1.54, 1.807) is 29.8 Å². The molecule has 1 fully saturated rings. The number of likely N-dealkylation sites (N-methyl/N-ethyl adjacent to an activating group) is 1. The molecule has 0 saturated carbocycles. The fourth-order valence-corrected chi connectivity index (χ4v) is 4.60. The maximum atomic E-state index is 13.2. The lowest BCUT2D eigenvalue weighted by Crippen LogP contribution is -2.47. The molecular formula is C27H48N4O4. The number of hydrogen-bond acceptors (Lipinski definition) is 4. The number of hydrogen-bond donors (Lipinski definition) is 2. The maximum absolute atomic E-state index is 13.2. The van der Waals surface area contributed by atoms with Gasteiger partial charge in [-0.3, -0.25) is 19.2 Å². The number of likely N-dealkylation sites (tertiary alicyclic amines) is 1. The van der Waals surface area contributed by atoms with E-state index in [2.05, 4.69) is 17.6 Å². The summed E-state index contributed by atoms with van der Waals surface area (Å²) in [5, 5.41) is 5.42. The molecule has 0 aromatic rings. The molecule has 1 heterocycles. The molecule has 1 aliphatic rings. The van der Waals surface area contributed by atoms with Crippen molar-refractivity contribution < 1.29 is 19.2 Å². The number of nitrogens with zero attached hydrogens (tertiary/aromatic N) is 2. The Bertz CT molecular complexity index is 707. The van der Waals surface area contributed by atoms with Crippen LogP contribution in [0.1, 0.15) is 91.9 Å². The third-order valence-electron chi connectivity index (χ3n) is 6.76. The highest BCUT2D eigenvalue weighted by Gasteiger charge is 2.34. The van der Waals surface area contributed by atoms with Crippen molar-refractivity contribution in [3.05, 3.63) is 11.6 Å². The monoisotopic (exact) mass is 492 g/mol. The van der Waals surface area contributed by atoms with Crippen molar-refractivity contribution in [3.8, 4) is 0 Å². The Kier molecular flexibility index (Phi) is 15.0. The number of unbranched alkanes of at least 4 members (excludes halogenated alkanes) is 7. The van der Waals surface area contributed by atoms with Crippen molar-refractivity contribution in [1.29, 1.82) is 0 Å². The highest BCUT2D eigenvalue weighted by molar-refractivity contribution is 5.97. The Morgan fingerprint density at radius 3 is 2.29 bits per heavy atom. The van der Waals surface area contributed by atoms with Crippen LogP contribution in [0.2, 0.25) is 0 Å². The molecule has 35 heavy (non-hydrogen) atoms. The van der Waals surface area contributed by atoms with Crippen LogP contribution in [0.25, 0.3) is 0 Å². The zero-order chi connectivity index (χ0) is 26.2. The molecule has 1 saturated heterocycles. The van der Waals surface area contributed by atoms with Crippen LogP contribution in [0.5, 0.6) is 0 Å². The van der Waals surface area contributed by atoms with Crippen molar-refractivity contribution in [2.24, 2.45) is 5.92 Å². The van der Waals surface area contributed by atoms with Gasteiger partial charge in [0.2, 0.25) is 24.1 Å². The molecule has 0 unspecified atom stereocenters. The Balaban J connectivity index is 2.61. The second-order valence-corrected chi connectivity index (χ2v) is 10.0. The number of amides is 4. The number of nitrogens with one attached hydrogen (secondary N) is 2. The Labute approximate surface area is 212 Å². The minimum atomic E-state index is -0.437. The van der Waals surface area contributed by atoms with E-state index in [9.17, 15) is 19.2 Å². The molecule has 0 radical (unpaired) electrons. The summed E-state index contributed by atoms with van der Waals surface area (Å²) >= 11 is 0. The Morgan fingerprint density at radius 2 is 1.69 bits per heavy atom. The Hall–Kier alpha value is -2.38. The van der Waals surface area contributed by atoms with Crippen LogP contribution >= 0.6 is 0 Å². The van der Waals surface area contributed by atoms with E-state index in [4.69, 9.17) is 0 Å². The lowest BCUT2D eigenvalue weighted by Gasteiger charge is -2.30. The standard InChI is InChI=1S/C27H48N4O4/c1-6-7-8-9-10-11-12-13-16-29-26(34)23-15-14-17-31(23)27(35)22(4)18-24(21(2)3)30(5)25(33)19-28-20-32/h18,20-21,23-24H,6-17,19H2,1-5H3,(H,28,32)(H,29,34)/b22-18+/t23-,24+/m0/s1. The molecule has 1 aliphatic heterocycles. The zero-order valence-electron chi connectivity index (χ0n) is 22.6. The minimum Gasteiger partial charge on any atom is -0.354 e. The number of carbonyl (C=O) groups excluding carboxylic acids is 4. The van der Waals surface area contributed by atoms with Gasteiger partial charge in [-0.1, -0.05) is 71.8 Å². The van der Waals surface area contributed by atoms with Crippen LogP contribution in [0.15, 0.2) is 11.6 Å². The van der Waals surface area contributed by atoms with Gasteiger partial charge >= 0.3 is 0 Å². The van der Waals surface area contributed by atoms with E-state index in [1.807, 2.05) is 13.8 Å². The summed E-state index contributed by atoms with van der Waals surface area (Å²) in [5.41, 5.74) is 0.523. The van der Waals surface area contributed by atoms with Gasteiger partial charge in [0.25, 0.3) is 0 Å². The second-order valence-electron chi connectivity index (χ2n) is 10.0. The largest absolute Gasteiger partial charge is 0.354 e. The minimum absolute atomic E-state index is 0.0701. The molecule has 8 nitrogen and oxygen atoms in total. The van der Waals surface area contributed by atoms with E-state index in [1.165, 1.54) is 38.5 Å². The van der Waals surface area contributed by atoms with Crippen molar-refractivity contribution in [1.82, 2.24) is 20.4 Å². The molecule has 0 bridgehead atoms. The van der Waals surface area contributed by atoms with Crippen LogP contribution in [0.3, 0.4) is 0 Å². The molecule has 200 valence electrons. The molecule has 2 N–H and O–H groups in total. The van der Waals surface area contributed by atoms with Crippen LogP contribution in [0, 0.1) is 5.92 Å². The summed E-state index contributed by atoms with van der Waals surface area (Å²) in [7, 11) is 1.67. The zero-order valence-corrected chi connectivity index (χ0v) is 22.6. The van der Waals surface area contributed by atoms with Gasteiger partial charge in [0.05, 0.1) is 12.6 Å². The van der Waals surface area contributed by atoms with Crippen molar-refractivity contribution >= 4 is 24.1 Å². The lowest BCUT2D eigenvalue weighted by molar-refractivity contribution is -0.135. The highest BCUT2D eigenvalue weighted by Crippen LogP contribution is 2.21. The van der Waals surface area contributed by atoms with Gasteiger partial charge in [-0.2, -0.15) is 0 Å². The van der Waals surface area contributed by atoms with E-state index in [0.717, 1.165) is 19.3 Å². The molecule has 0 aromatic carbocycles. The molecule has 1 rings (SSSR count). The highest BCUT2D eigenvalue weighted by atomic mass is 16.2. The lowest BCUT2D eigenvalue weighted by atomic mass is 9.99. The summed E-state index contributed by atoms with van der Waals surface area (Å²) in [6.45, 7) is 9.05. The molecule has 4 amide bonds. The fourth-order valence-electron chi connectivity index (χ4n) is 4.60. The van der Waals surface area contributed by atoms with Crippen LogP contribution < -0.4 is 10.6 Å². The predicted octanol–water partition coefficient (Wildman–Crippen LogP) is 3.41. The average Bonchev–Trinajstić information content (AvgIpc) is 3.33. The van der Waals surface area contributed by atoms with Gasteiger partial charge < -0.3 is 20.4 Å². The first-order chi connectivity index (χ1) is 16.7. The Morgan fingerprint density at radius 1 is 1.06 bits per heavy atom. The summed E-state index contributed by atoms with van der Waals surface area (Å²) in [5.74, 6) is -0.384. The van der Waals surface area contributed by atoms with Crippen molar-refractivity contribution in [3.63, 3.8) is 0 Å². The topological polar surface area (TPSA) is 98.8 Å². The van der Waals surface area contributed by atoms with Gasteiger partial charge in [0, 0.05) is 25.7 Å². The van der Waals surface area contributed by atoms with E-state index in [0.29, 0.717) is 31.5 Å². The number of carbonyl (C=O) groups is 4. The fraction of sp³-hybridized carbons (Fsp3) is 0.778. The summed E-state index contributed by atoms with van der Waals surface area (Å²) in [6.07, 6.45) is 13.5. The molecule has 0 aromatic heterocycles. The molecule has 2 atom stereocenters. The van der Waals surface area contributed by atoms with Gasteiger partial charge in [0.1, 0.15) is 6.04 Å². The average molecular weight is 493 g/mol. The molecule has 0 spiro atoms. The smallest absolute Gasteiger partial charge is 0.249 e.